The molecule has 0 heterocycles. The molecule has 0 amide bonds. The van der Waals surface area contributed by atoms with Crippen LogP contribution < -0.4 is 5.73 Å². The SMILES string of the molecule is C=CC(N)C1(O)c2ccccc2C=Cc2ccccc21. The Labute approximate surface area is 118 Å². The monoisotopic (exact) mass is 263 g/mol. The molecule has 0 spiro atoms. The van der Waals surface area contributed by atoms with Crippen molar-refractivity contribution in [1.29, 1.82) is 0 Å². The van der Waals surface area contributed by atoms with Crippen molar-refractivity contribution in [2.75, 3.05) is 0 Å². The fraction of sp³-hybridized carbons (Fsp3) is 0.111. The standard InChI is InChI=1S/C18H17NO/c1-2-17(19)18(20)15-9-5-3-7-13(15)11-12-14-8-4-6-10-16(14)18/h2-12,17,20H,1,19H2. The molecule has 1 unspecified atom stereocenters. The minimum absolute atomic E-state index is 0.579. The molecule has 100 valence electrons. The Morgan fingerprint density at radius 3 is 1.85 bits per heavy atom. The summed E-state index contributed by atoms with van der Waals surface area (Å²) in [4.78, 5) is 0. The number of aliphatic hydroxyl groups is 1. The second kappa shape index (κ2) is 4.75. The smallest absolute Gasteiger partial charge is 0.134 e. The van der Waals surface area contributed by atoms with Gasteiger partial charge < -0.3 is 10.8 Å². The Kier molecular flexibility index (Phi) is 3.05. The highest BCUT2D eigenvalue weighted by Gasteiger charge is 2.40. The van der Waals surface area contributed by atoms with E-state index in [2.05, 4.69) is 6.58 Å². The predicted molar refractivity (Wildman–Crippen MR) is 83.0 cm³/mol. The van der Waals surface area contributed by atoms with Gasteiger partial charge in [0, 0.05) is 0 Å². The summed E-state index contributed by atoms with van der Waals surface area (Å²) < 4.78 is 0. The summed E-state index contributed by atoms with van der Waals surface area (Å²) in [5.41, 5.74) is 8.50. The minimum atomic E-state index is -1.27. The maximum absolute atomic E-state index is 11.4. The van der Waals surface area contributed by atoms with Gasteiger partial charge in [0.25, 0.3) is 0 Å². The molecule has 2 aromatic carbocycles. The molecule has 0 bridgehead atoms. The van der Waals surface area contributed by atoms with Crippen molar-refractivity contribution in [3.05, 3.63) is 83.4 Å². The molecule has 0 aromatic heterocycles. The first-order chi connectivity index (χ1) is 9.67. The number of hydrogen-bond donors (Lipinski definition) is 2. The largest absolute Gasteiger partial charge is 0.378 e. The van der Waals surface area contributed by atoms with E-state index < -0.39 is 11.6 Å². The van der Waals surface area contributed by atoms with Crippen LogP contribution in [0.25, 0.3) is 12.2 Å². The van der Waals surface area contributed by atoms with Crippen LogP contribution in [0.15, 0.2) is 61.2 Å². The first kappa shape index (κ1) is 12.9. The van der Waals surface area contributed by atoms with Gasteiger partial charge in [-0.2, -0.15) is 0 Å². The van der Waals surface area contributed by atoms with Crippen LogP contribution in [0.1, 0.15) is 22.3 Å². The summed E-state index contributed by atoms with van der Waals surface area (Å²) in [6.45, 7) is 3.75. The average Bonchev–Trinajstić information content (AvgIpc) is 2.64. The molecule has 2 heteroatoms. The highest BCUT2D eigenvalue weighted by Crippen LogP contribution is 2.39. The van der Waals surface area contributed by atoms with Crippen LogP contribution in [-0.4, -0.2) is 11.1 Å². The Balaban J connectivity index is 2.37. The molecule has 0 radical (unpaired) electrons. The zero-order valence-electron chi connectivity index (χ0n) is 11.2. The van der Waals surface area contributed by atoms with E-state index in [0.29, 0.717) is 0 Å². The topological polar surface area (TPSA) is 46.2 Å². The fourth-order valence-corrected chi connectivity index (χ4v) is 2.83. The van der Waals surface area contributed by atoms with Crippen molar-refractivity contribution in [2.45, 2.75) is 11.6 Å². The van der Waals surface area contributed by atoms with Gasteiger partial charge in [-0.3, -0.25) is 0 Å². The number of benzene rings is 2. The van der Waals surface area contributed by atoms with Crippen molar-refractivity contribution in [2.24, 2.45) is 5.73 Å². The average molecular weight is 263 g/mol. The van der Waals surface area contributed by atoms with Gasteiger partial charge in [-0.05, 0) is 22.3 Å². The summed E-state index contributed by atoms with van der Waals surface area (Å²) in [6, 6.07) is 15.0. The second-order valence-corrected chi connectivity index (χ2v) is 5.04. The number of nitrogens with two attached hydrogens (primary N) is 1. The lowest BCUT2D eigenvalue weighted by Crippen LogP contribution is -2.45. The van der Waals surface area contributed by atoms with E-state index in [1.807, 2.05) is 60.7 Å². The van der Waals surface area contributed by atoms with Gasteiger partial charge in [0.1, 0.15) is 5.60 Å². The van der Waals surface area contributed by atoms with E-state index in [9.17, 15) is 5.11 Å². The third-order valence-electron chi connectivity index (χ3n) is 3.92. The van der Waals surface area contributed by atoms with E-state index in [4.69, 9.17) is 5.73 Å². The molecule has 1 atom stereocenters. The number of fused-ring (bicyclic) bond motifs is 2. The zero-order valence-corrected chi connectivity index (χ0v) is 11.2. The van der Waals surface area contributed by atoms with E-state index in [1.165, 1.54) is 0 Å². The molecule has 0 fully saturated rings. The highest BCUT2D eigenvalue weighted by molar-refractivity contribution is 5.77. The van der Waals surface area contributed by atoms with Gasteiger partial charge >= 0.3 is 0 Å². The molecule has 1 aliphatic rings. The third kappa shape index (κ3) is 1.73. The van der Waals surface area contributed by atoms with Crippen molar-refractivity contribution in [3.8, 4) is 0 Å². The maximum Gasteiger partial charge on any atom is 0.134 e. The van der Waals surface area contributed by atoms with Crippen molar-refractivity contribution in [1.82, 2.24) is 0 Å². The van der Waals surface area contributed by atoms with E-state index in [0.717, 1.165) is 22.3 Å². The van der Waals surface area contributed by atoms with E-state index in [1.54, 1.807) is 6.08 Å². The fourth-order valence-electron chi connectivity index (χ4n) is 2.83. The Morgan fingerprint density at radius 2 is 1.40 bits per heavy atom. The van der Waals surface area contributed by atoms with Gasteiger partial charge in [0.2, 0.25) is 0 Å². The zero-order chi connectivity index (χ0) is 14.2. The molecule has 1 aliphatic carbocycles. The Bertz CT molecular complexity index is 638. The normalized spacial score (nSPS) is 16.7. The van der Waals surface area contributed by atoms with Crippen molar-refractivity contribution in [3.63, 3.8) is 0 Å². The Hall–Kier alpha value is -2.16. The van der Waals surface area contributed by atoms with Crippen LogP contribution in [0, 0.1) is 0 Å². The summed E-state index contributed by atoms with van der Waals surface area (Å²) >= 11 is 0. The quantitative estimate of drug-likeness (QED) is 0.818. The molecule has 3 rings (SSSR count). The highest BCUT2D eigenvalue weighted by atomic mass is 16.3. The summed E-state index contributed by atoms with van der Waals surface area (Å²) in [5, 5.41) is 11.4. The second-order valence-electron chi connectivity index (χ2n) is 5.04. The first-order valence-corrected chi connectivity index (χ1v) is 6.65. The molecule has 2 aromatic rings. The van der Waals surface area contributed by atoms with Gasteiger partial charge in [-0.25, -0.2) is 0 Å². The first-order valence-electron chi connectivity index (χ1n) is 6.65. The van der Waals surface area contributed by atoms with Crippen LogP contribution in [0.3, 0.4) is 0 Å². The maximum atomic E-state index is 11.4. The molecular weight excluding hydrogens is 246 g/mol. The molecule has 0 saturated heterocycles. The molecule has 0 aliphatic heterocycles. The van der Waals surface area contributed by atoms with Crippen LogP contribution >= 0.6 is 0 Å². The van der Waals surface area contributed by atoms with Crippen LogP contribution in [0.4, 0.5) is 0 Å². The van der Waals surface area contributed by atoms with Gasteiger partial charge in [-0.15, -0.1) is 6.58 Å². The minimum Gasteiger partial charge on any atom is -0.378 e. The van der Waals surface area contributed by atoms with E-state index >= 15 is 0 Å². The summed E-state index contributed by atoms with van der Waals surface area (Å²) in [6.07, 6.45) is 5.63. The summed E-state index contributed by atoms with van der Waals surface area (Å²) in [7, 11) is 0. The predicted octanol–water partition coefficient (Wildman–Crippen LogP) is 2.92. The van der Waals surface area contributed by atoms with Crippen molar-refractivity contribution >= 4 is 12.2 Å². The molecule has 0 saturated carbocycles. The lowest BCUT2D eigenvalue weighted by Gasteiger charge is -2.34. The van der Waals surface area contributed by atoms with E-state index in [-0.39, 0.29) is 0 Å². The summed E-state index contributed by atoms with van der Waals surface area (Å²) in [5.74, 6) is 0. The van der Waals surface area contributed by atoms with Crippen molar-refractivity contribution < 1.29 is 5.11 Å². The number of hydrogen-bond acceptors (Lipinski definition) is 2. The van der Waals surface area contributed by atoms with Gasteiger partial charge in [0.15, 0.2) is 0 Å². The lowest BCUT2D eigenvalue weighted by molar-refractivity contribution is 0.0669. The van der Waals surface area contributed by atoms with Crippen LogP contribution in [0.2, 0.25) is 0 Å². The van der Waals surface area contributed by atoms with Crippen LogP contribution in [-0.2, 0) is 5.60 Å². The van der Waals surface area contributed by atoms with Crippen LogP contribution in [0.5, 0.6) is 0 Å². The van der Waals surface area contributed by atoms with Gasteiger partial charge in [-0.1, -0.05) is 66.8 Å². The Morgan fingerprint density at radius 1 is 0.950 bits per heavy atom. The molecule has 3 N–H and O–H groups in total. The third-order valence-corrected chi connectivity index (χ3v) is 3.92. The molecule has 20 heavy (non-hydrogen) atoms. The van der Waals surface area contributed by atoms with Gasteiger partial charge in [0.05, 0.1) is 6.04 Å². The molecule has 2 nitrogen and oxygen atoms in total. The number of rotatable bonds is 2. The molecular formula is C18H17NO. The lowest BCUT2D eigenvalue weighted by atomic mass is 9.78.